The summed E-state index contributed by atoms with van der Waals surface area (Å²) >= 11 is 4.93. The number of hydrogen-bond donors (Lipinski definition) is 1. The third-order valence-electron chi connectivity index (χ3n) is 2.00. The summed E-state index contributed by atoms with van der Waals surface area (Å²) in [6, 6.07) is 11.2. The fourth-order valence-corrected chi connectivity index (χ4v) is 1.43. The Morgan fingerprint density at radius 3 is 2.53 bits per heavy atom. The lowest BCUT2D eigenvalue weighted by atomic mass is 10.1. The molecule has 0 fully saturated rings. The molecule has 0 aliphatic heterocycles. The van der Waals surface area contributed by atoms with Gasteiger partial charge in [0.25, 0.3) is 0 Å². The molecule has 0 bridgehead atoms. The predicted octanol–water partition coefficient (Wildman–Crippen LogP) is 2.68. The van der Waals surface area contributed by atoms with E-state index in [9.17, 15) is 0 Å². The number of benzene rings is 1. The second-order valence-corrected chi connectivity index (χ2v) is 3.36. The highest BCUT2D eigenvalue weighted by molar-refractivity contribution is 7.71. The van der Waals surface area contributed by atoms with Gasteiger partial charge in [-0.25, -0.2) is 4.98 Å². The fraction of sp³-hybridized carbons (Fsp3) is 0. The van der Waals surface area contributed by atoms with E-state index in [1.54, 1.807) is 18.3 Å². The normalized spacial score (nSPS) is 9.53. The third kappa shape index (κ3) is 2.09. The molecule has 0 radical (unpaired) electrons. The topological polar surface area (TPSA) is 52.5 Å². The maximum absolute atomic E-state index is 8.66. The van der Waals surface area contributed by atoms with Gasteiger partial charge in [-0.2, -0.15) is 5.26 Å². The van der Waals surface area contributed by atoms with Crippen molar-refractivity contribution >= 4 is 12.2 Å². The summed E-state index contributed by atoms with van der Waals surface area (Å²) in [4.78, 5) is 6.89. The zero-order valence-corrected chi connectivity index (χ0v) is 8.58. The fourth-order valence-electron chi connectivity index (χ4n) is 1.26. The van der Waals surface area contributed by atoms with Crippen molar-refractivity contribution in [2.45, 2.75) is 0 Å². The Balaban J connectivity index is 2.47. The minimum Gasteiger partial charge on any atom is -0.330 e. The standard InChI is InChI=1S/C11H7N3S/c12-7-8-1-3-9(4-2-8)10-5-6-13-11(15)14-10/h1-6H,(H,13,14,15). The highest BCUT2D eigenvalue weighted by atomic mass is 32.1. The van der Waals surface area contributed by atoms with E-state index in [0.29, 0.717) is 10.3 Å². The average Bonchev–Trinajstić information content (AvgIpc) is 2.29. The Morgan fingerprint density at radius 2 is 1.93 bits per heavy atom. The zero-order chi connectivity index (χ0) is 10.7. The maximum Gasteiger partial charge on any atom is 0.197 e. The first kappa shape index (κ1) is 9.56. The Labute approximate surface area is 92.0 Å². The molecular weight excluding hydrogens is 206 g/mol. The van der Waals surface area contributed by atoms with Crippen molar-refractivity contribution < 1.29 is 0 Å². The van der Waals surface area contributed by atoms with Gasteiger partial charge in [0.15, 0.2) is 4.77 Å². The number of nitrogens with one attached hydrogen (secondary N) is 1. The van der Waals surface area contributed by atoms with Crippen molar-refractivity contribution in [3.05, 3.63) is 46.9 Å². The minimum absolute atomic E-state index is 0.455. The van der Waals surface area contributed by atoms with Crippen LogP contribution >= 0.6 is 12.2 Å². The highest BCUT2D eigenvalue weighted by Gasteiger charge is 1.97. The van der Waals surface area contributed by atoms with Crippen LogP contribution in [0.25, 0.3) is 11.3 Å². The molecule has 0 amide bonds. The molecular formula is C11H7N3S. The molecule has 0 atom stereocenters. The Hall–Kier alpha value is -1.99. The molecule has 15 heavy (non-hydrogen) atoms. The lowest BCUT2D eigenvalue weighted by Gasteiger charge is -2.00. The first-order chi connectivity index (χ1) is 7.29. The molecule has 1 N–H and O–H groups in total. The molecule has 0 aliphatic carbocycles. The van der Waals surface area contributed by atoms with Gasteiger partial charge >= 0.3 is 0 Å². The Kier molecular flexibility index (Phi) is 2.57. The number of nitriles is 1. The van der Waals surface area contributed by atoms with Gasteiger partial charge < -0.3 is 4.98 Å². The Morgan fingerprint density at radius 1 is 1.20 bits per heavy atom. The van der Waals surface area contributed by atoms with Crippen LogP contribution in [0.1, 0.15) is 5.56 Å². The number of hydrogen-bond acceptors (Lipinski definition) is 3. The van der Waals surface area contributed by atoms with Crippen LogP contribution in [0.4, 0.5) is 0 Å². The predicted molar refractivity (Wildman–Crippen MR) is 59.6 cm³/mol. The van der Waals surface area contributed by atoms with Gasteiger partial charge in [-0.15, -0.1) is 0 Å². The first-order valence-electron chi connectivity index (χ1n) is 4.35. The molecule has 4 heteroatoms. The van der Waals surface area contributed by atoms with E-state index in [-0.39, 0.29) is 0 Å². The molecule has 2 rings (SSSR count). The van der Waals surface area contributed by atoms with Crippen LogP contribution in [0.5, 0.6) is 0 Å². The van der Waals surface area contributed by atoms with Gasteiger partial charge in [-0.05, 0) is 36.0 Å². The molecule has 0 spiro atoms. The van der Waals surface area contributed by atoms with Crippen molar-refractivity contribution in [1.82, 2.24) is 9.97 Å². The summed E-state index contributed by atoms with van der Waals surface area (Å²) in [6.45, 7) is 0. The third-order valence-corrected chi connectivity index (χ3v) is 2.21. The van der Waals surface area contributed by atoms with E-state index in [1.807, 2.05) is 18.2 Å². The molecule has 1 aromatic heterocycles. The lowest BCUT2D eigenvalue weighted by Crippen LogP contribution is -1.86. The summed E-state index contributed by atoms with van der Waals surface area (Å²) in [5.74, 6) is 0. The SMILES string of the molecule is N#Cc1ccc(-c2ccnc(=S)[nH]2)cc1. The quantitative estimate of drug-likeness (QED) is 0.741. The van der Waals surface area contributed by atoms with Crippen molar-refractivity contribution in [3.63, 3.8) is 0 Å². The number of rotatable bonds is 1. The van der Waals surface area contributed by atoms with E-state index >= 15 is 0 Å². The zero-order valence-electron chi connectivity index (χ0n) is 7.77. The van der Waals surface area contributed by atoms with Crippen molar-refractivity contribution in [2.75, 3.05) is 0 Å². The van der Waals surface area contributed by atoms with E-state index in [0.717, 1.165) is 11.3 Å². The summed E-state index contributed by atoms with van der Waals surface area (Å²) in [5.41, 5.74) is 2.54. The number of aromatic amines is 1. The molecule has 72 valence electrons. The van der Waals surface area contributed by atoms with Gasteiger partial charge in [0.2, 0.25) is 0 Å². The van der Waals surface area contributed by atoms with Gasteiger partial charge in [0.1, 0.15) is 0 Å². The van der Waals surface area contributed by atoms with E-state index in [2.05, 4.69) is 16.0 Å². The summed E-state index contributed by atoms with van der Waals surface area (Å²) in [7, 11) is 0. The van der Waals surface area contributed by atoms with Gasteiger partial charge in [0.05, 0.1) is 11.6 Å². The Bertz CT molecular complexity index is 563. The molecule has 0 saturated carbocycles. The molecule has 0 unspecified atom stereocenters. The molecule has 0 aliphatic rings. The second kappa shape index (κ2) is 4.03. The monoisotopic (exact) mass is 213 g/mol. The highest BCUT2D eigenvalue weighted by Crippen LogP contribution is 2.16. The average molecular weight is 213 g/mol. The van der Waals surface area contributed by atoms with Crippen LogP contribution in [-0.2, 0) is 0 Å². The van der Waals surface area contributed by atoms with Crippen LogP contribution in [-0.4, -0.2) is 9.97 Å². The lowest BCUT2D eigenvalue weighted by molar-refractivity contribution is 1.14. The molecule has 3 nitrogen and oxygen atoms in total. The van der Waals surface area contributed by atoms with Crippen LogP contribution in [0, 0.1) is 16.1 Å². The van der Waals surface area contributed by atoms with Crippen molar-refractivity contribution in [3.8, 4) is 17.3 Å². The van der Waals surface area contributed by atoms with E-state index in [1.165, 1.54) is 0 Å². The van der Waals surface area contributed by atoms with Crippen LogP contribution in [0.2, 0.25) is 0 Å². The van der Waals surface area contributed by atoms with Crippen LogP contribution < -0.4 is 0 Å². The summed E-state index contributed by atoms with van der Waals surface area (Å²) in [5, 5.41) is 8.66. The molecule has 1 heterocycles. The van der Waals surface area contributed by atoms with E-state index < -0.39 is 0 Å². The number of nitrogens with zero attached hydrogens (tertiary/aromatic N) is 2. The maximum atomic E-state index is 8.66. The smallest absolute Gasteiger partial charge is 0.197 e. The molecule has 2 aromatic rings. The first-order valence-corrected chi connectivity index (χ1v) is 4.76. The van der Waals surface area contributed by atoms with Crippen molar-refractivity contribution in [1.29, 1.82) is 5.26 Å². The van der Waals surface area contributed by atoms with Crippen LogP contribution in [0.15, 0.2) is 36.5 Å². The summed E-state index contributed by atoms with van der Waals surface area (Å²) < 4.78 is 0.455. The van der Waals surface area contributed by atoms with Gasteiger partial charge in [-0.1, -0.05) is 12.1 Å². The summed E-state index contributed by atoms with van der Waals surface area (Å²) in [6.07, 6.45) is 1.66. The number of H-pyrrole nitrogens is 1. The van der Waals surface area contributed by atoms with Gasteiger partial charge in [0, 0.05) is 11.9 Å². The number of aromatic nitrogens is 2. The largest absolute Gasteiger partial charge is 0.330 e. The minimum atomic E-state index is 0.455. The molecule has 0 saturated heterocycles. The van der Waals surface area contributed by atoms with Crippen molar-refractivity contribution in [2.24, 2.45) is 0 Å². The molecule has 1 aromatic carbocycles. The van der Waals surface area contributed by atoms with Gasteiger partial charge in [-0.3, -0.25) is 0 Å². The second-order valence-electron chi connectivity index (χ2n) is 2.98. The van der Waals surface area contributed by atoms with E-state index in [4.69, 9.17) is 17.5 Å². The van der Waals surface area contributed by atoms with Crippen LogP contribution in [0.3, 0.4) is 0 Å².